The number of hydrogen-bond donors (Lipinski definition) is 1. The van der Waals surface area contributed by atoms with Crippen molar-refractivity contribution >= 4 is 5.91 Å². The first-order chi connectivity index (χ1) is 9.93. The van der Waals surface area contributed by atoms with E-state index in [-0.39, 0.29) is 24.1 Å². The van der Waals surface area contributed by atoms with E-state index >= 15 is 0 Å². The minimum absolute atomic E-state index is 0.0781. The van der Waals surface area contributed by atoms with Crippen LogP contribution >= 0.6 is 0 Å². The molecule has 3 nitrogen and oxygen atoms in total. The number of fused-ring (bicyclic) bond motifs is 1. The second kappa shape index (κ2) is 5.06. The normalized spacial score (nSPS) is 19.0. The van der Waals surface area contributed by atoms with Gasteiger partial charge in [-0.2, -0.15) is 26.3 Å². The average molecular weight is 327 g/mol. The van der Waals surface area contributed by atoms with Crippen LogP contribution in [0.4, 0.5) is 26.3 Å². The molecule has 0 saturated heterocycles. The maximum Gasteiger partial charge on any atom is 0.471 e. The Kier molecular flexibility index (Phi) is 3.78. The molecule has 1 aliphatic rings. The van der Waals surface area contributed by atoms with Crippen molar-refractivity contribution in [1.29, 1.82) is 0 Å². The molecule has 122 valence electrons. The standard InChI is InChI=1S/C13H11F6NO2/c1-6-8-5-10(21)9(12(14,15)16)4-7(8)2-3-20(6)11(22)13(17,18)19/h4-6,21H,2-3H2,1H3/t6-/m0/s1. The number of halogens is 6. The van der Waals surface area contributed by atoms with Crippen molar-refractivity contribution in [3.05, 3.63) is 28.8 Å². The Labute approximate surface area is 121 Å². The monoisotopic (exact) mass is 327 g/mol. The van der Waals surface area contributed by atoms with E-state index in [1.165, 1.54) is 6.92 Å². The Balaban J connectivity index is 2.42. The number of rotatable bonds is 0. The Morgan fingerprint density at radius 1 is 1.23 bits per heavy atom. The molecule has 0 saturated carbocycles. The van der Waals surface area contributed by atoms with Crippen molar-refractivity contribution in [2.24, 2.45) is 0 Å². The maximum absolute atomic E-state index is 12.7. The molecule has 1 N–H and O–H groups in total. The molecular weight excluding hydrogens is 316 g/mol. The number of phenolic OH excluding ortho intramolecular Hbond substituents is 1. The zero-order valence-electron chi connectivity index (χ0n) is 11.2. The first-order valence-corrected chi connectivity index (χ1v) is 6.23. The quantitative estimate of drug-likeness (QED) is 0.742. The topological polar surface area (TPSA) is 40.5 Å². The van der Waals surface area contributed by atoms with Gasteiger partial charge in [-0.1, -0.05) is 0 Å². The summed E-state index contributed by atoms with van der Waals surface area (Å²) in [4.78, 5) is 11.8. The van der Waals surface area contributed by atoms with E-state index in [1.54, 1.807) is 0 Å². The smallest absolute Gasteiger partial charge is 0.471 e. The fraction of sp³-hybridized carbons (Fsp3) is 0.462. The molecule has 0 bridgehead atoms. The summed E-state index contributed by atoms with van der Waals surface area (Å²) in [7, 11) is 0. The van der Waals surface area contributed by atoms with E-state index in [1.807, 2.05) is 0 Å². The van der Waals surface area contributed by atoms with E-state index in [9.17, 15) is 36.2 Å². The fourth-order valence-electron chi connectivity index (χ4n) is 2.52. The molecule has 0 aromatic heterocycles. The van der Waals surface area contributed by atoms with Crippen LogP contribution in [-0.2, 0) is 17.4 Å². The first-order valence-electron chi connectivity index (χ1n) is 6.23. The summed E-state index contributed by atoms with van der Waals surface area (Å²) in [5.74, 6) is -3.12. The summed E-state index contributed by atoms with van der Waals surface area (Å²) < 4.78 is 75.6. The minimum atomic E-state index is -5.06. The molecule has 1 amide bonds. The molecule has 0 spiro atoms. The zero-order chi connectivity index (χ0) is 16.9. The van der Waals surface area contributed by atoms with Crippen LogP contribution in [0.5, 0.6) is 5.75 Å². The van der Waals surface area contributed by atoms with Crippen molar-refractivity contribution in [3.8, 4) is 5.75 Å². The molecule has 0 fully saturated rings. The van der Waals surface area contributed by atoms with Crippen LogP contribution in [0.2, 0.25) is 0 Å². The molecule has 1 atom stereocenters. The highest BCUT2D eigenvalue weighted by Gasteiger charge is 2.45. The Morgan fingerprint density at radius 3 is 2.32 bits per heavy atom. The van der Waals surface area contributed by atoms with E-state index in [0.717, 1.165) is 12.1 Å². The van der Waals surface area contributed by atoms with E-state index < -0.39 is 35.6 Å². The lowest BCUT2D eigenvalue weighted by atomic mass is 9.91. The third kappa shape index (κ3) is 2.84. The second-order valence-corrected chi connectivity index (χ2v) is 4.99. The summed E-state index contributed by atoms with van der Waals surface area (Å²) in [6.07, 6.45) is -9.97. The highest BCUT2D eigenvalue weighted by Crippen LogP contribution is 2.41. The minimum Gasteiger partial charge on any atom is -0.507 e. The van der Waals surface area contributed by atoms with E-state index in [0.29, 0.717) is 4.90 Å². The molecule has 2 rings (SSSR count). The molecule has 22 heavy (non-hydrogen) atoms. The lowest BCUT2D eigenvalue weighted by Crippen LogP contribution is -2.45. The number of nitrogens with zero attached hydrogens (tertiary/aromatic N) is 1. The molecule has 0 aliphatic carbocycles. The van der Waals surface area contributed by atoms with Gasteiger partial charge in [0.25, 0.3) is 0 Å². The Bertz CT molecular complexity index is 608. The number of aromatic hydroxyl groups is 1. The van der Waals surface area contributed by atoms with Gasteiger partial charge in [0, 0.05) is 6.54 Å². The van der Waals surface area contributed by atoms with Gasteiger partial charge in [0.2, 0.25) is 0 Å². The molecule has 0 unspecified atom stereocenters. The molecule has 9 heteroatoms. The summed E-state index contributed by atoms with van der Waals surface area (Å²) in [5.41, 5.74) is -0.993. The van der Waals surface area contributed by atoms with Gasteiger partial charge in [-0.05, 0) is 36.6 Å². The number of benzene rings is 1. The Hall–Kier alpha value is -1.93. The largest absolute Gasteiger partial charge is 0.507 e. The fourth-order valence-corrected chi connectivity index (χ4v) is 2.52. The molecular formula is C13H11F6NO2. The van der Waals surface area contributed by atoms with Crippen molar-refractivity contribution in [2.75, 3.05) is 6.54 Å². The average Bonchev–Trinajstić information content (AvgIpc) is 2.36. The summed E-state index contributed by atoms with van der Waals surface area (Å²) >= 11 is 0. The zero-order valence-corrected chi connectivity index (χ0v) is 11.2. The highest BCUT2D eigenvalue weighted by molar-refractivity contribution is 5.82. The predicted molar refractivity (Wildman–Crippen MR) is 63.0 cm³/mol. The van der Waals surface area contributed by atoms with Crippen molar-refractivity contribution in [3.63, 3.8) is 0 Å². The number of carbonyl (C=O) groups is 1. The second-order valence-electron chi connectivity index (χ2n) is 4.99. The van der Waals surface area contributed by atoms with Gasteiger partial charge < -0.3 is 10.0 Å². The highest BCUT2D eigenvalue weighted by atomic mass is 19.4. The van der Waals surface area contributed by atoms with Gasteiger partial charge >= 0.3 is 18.3 Å². The number of phenols is 1. The third-order valence-electron chi connectivity index (χ3n) is 3.61. The lowest BCUT2D eigenvalue weighted by molar-refractivity contribution is -0.188. The van der Waals surface area contributed by atoms with Crippen molar-refractivity contribution in [2.45, 2.75) is 31.7 Å². The molecule has 0 radical (unpaired) electrons. The van der Waals surface area contributed by atoms with Gasteiger partial charge in [-0.15, -0.1) is 0 Å². The number of amides is 1. The van der Waals surface area contributed by atoms with Crippen molar-refractivity contribution in [1.82, 2.24) is 4.90 Å². The maximum atomic E-state index is 12.7. The predicted octanol–water partition coefficient (Wildman–Crippen LogP) is 3.42. The van der Waals surface area contributed by atoms with Gasteiger partial charge in [0.1, 0.15) is 5.75 Å². The lowest BCUT2D eigenvalue weighted by Gasteiger charge is -2.36. The van der Waals surface area contributed by atoms with Gasteiger partial charge in [0.05, 0.1) is 11.6 Å². The van der Waals surface area contributed by atoms with Crippen LogP contribution in [0, 0.1) is 0 Å². The summed E-state index contributed by atoms with van der Waals surface area (Å²) in [5, 5.41) is 9.46. The third-order valence-corrected chi connectivity index (χ3v) is 3.61. The summed E-state index contributed by atoms with van der Waals surface area (Å²) in [6.45, 7) is 0.933. The van der Waals surface area contributed by atoms with E-state index in [2.05, 4.69) is 0 Å². The number of carbonyl (C=O) groups excluding carboxylic acids is 1. The molecule has 1 aromatic carbocycles. The molecule has 1 heterocycles. The van der Waals surface area contributed by atoms with Crippen LogP contribution in [0.25, 0.3) is 0 Å². The van der Waals surface area contributed by atoms with Crippen LogP contribution in [-0.4, -0.2) is 28.6 Å². The Morgan fingerprint density at radius 2 is 1.82 bits per heavy atom. The number of alkyl halides is 6. The SMILES string of the molecule is C[C@H]1c2cc(O)c(C(F)(F)F)cc2CCN1C(=O)C(F)(F)F. The molecule has 1 aromatic rings. The van der Waals surface area contributed by atoms with Crippen LogP contribution in [0.3, 0.4) is 0 Å². The first kappa shape index (κ1) is 16.4. The van der Waals surface area contributed by atoms with Crippen LogP contribution in [0.15, 0.2) is 12.1 Å². The van der Waals surface area contributed by atoms with Crippen LogP contribution in [0.1, 0.15) is 29.7 Å². The van der Waals surface area contributed by atoms with E-state index in [4.69, 9.17) is 0 Å². The van der Waals surface area contributed by atoms with Gasteiger partial charge in [-0.3, -0.25) is 4.79 Å². The number of hydrogen-bond acceptors (Lipinski definition) is 2. The summed E-state index contributed by atoms with van der Waals surface area (Å²) in [6, 6.07) is 0.418. The van der Waals surface area contributed by atoms with Gasteiger partial charge in [0.15, 0.2) is 0 Å². The molecule has 1 aliphatic heterocycles. The van der Waals surface area contributed by atoms with Crippen LogP contribution < -0.4 is 0 Å². The van der Waals surface area contributed by atoms with Crippen molar-refractivity contribution < 1.29 is 36.2 Å². The van der Waals surface area contributed by atoms with Gasteiger partial charge in [-0.25, -0.2) is 0 Å².